The highest BCUT2D eigenvalue weighted by atomic mass is 32.1. The Bertz CT molecular complexity index is 779. The number of rotatable bonds is 4. The van der Waals surface area contributed by atoms with E-state index in [0.29, 0.717) is 22.9 Å². The minimum atomic E-state index is -0.327. The normalized spacial score (nSPS) is 12.8. The number of aliphatic imine (C=N–C) groups is 1. The van der Waals surface area contributed by atoms with Gasteiger partial charge in [0, 0.05) is 11.1 Å². The summed E-state index contributed by atoms with van der Waals surface area (Å²) < 4.78 is 15.8. The molecule has 1 aromatic heterocycles. The van der Waals surface area contributed by atoms with Crippen molar-refractivity contribution in [1.82, 2.24) is 0 Å². The van der Waals surface area contributed by atoms with Crippen molar-refractivity contribution in [2.75, 3.05) is 13.4 Å². The third-order valence-electron chi connectivity index (χ3n) is 3.57. The Morgan fingerprint density at radius 2 is 2.13 bits per heavy atom. The van der Waals surface area contributed by atoms with E-state index >= 15 is 0 Å². The lowest BCUT2D eigenvalue weighted by molar-refractivity contribution is 0.0527. The first-order valence-corrected chi connectivity index (χ1v) is 8.12. The maximum atomic E-state index is 12.1. The summed E-state index contributed by atoms with van der Waals surface area (Å²) in [5.74, 6) is 1.11. The van der Waals surface area contributed by atoms with E-state index in [0.717, 1.165) is 21.8 Å². The largest absolute Gasteiger partial charge is 0.462 e. The number of nitrogens with zero attached hydrogens (tertiary/aromatic N) is 1. The molecule has 0 radical (unpaired) electrons. The van der Waals surface area contributed by atoms with E-state index in [2.05, 4.69) is 4.99 Å². The average molecular weight is 331 g/mol. The summed E-state index contributed by atoms with van der Waals surface area (Å²) in [5.41, 5.74) is 2.35. The number of benzene rings is 1. The Balaban J connectivity index is 1.90. The number of hydrogen-bond acceptors (Lipinski definition) is 6. The molecular weight excluding hydrogens is 314 g/mol. The topological polar surface area (TPSA) is 57.1 Å². The van der Waals surface area contributed by atoms with Crippen LogP contribution >= 0.6 is 11.3 Å². The fraction of sp³-hybridized carbons (Fsp3) is 0.294. The van der Waals surface area contributed by atoms with Gasteiger partial charge in [-0.2, -0.15) is 0 Å². The van der Waals surface area contributed by atoms with Crippen molar-refractivity contribution >= 4 is 28.5 Å². The van der Waals surface area contributed by atoms with Crippen molar-refractivity contribution in [1.29, 1.82) is 0 Å². The lowest BCUT2D eigenvalue weighted by Crippen LogP contribution is -2.05. The van der Waals surface area contributed by atoms with E-state index in [1.54, 1.807) is 13.1 Å². The minimum absolute atomic E-state index is 0.242. The molecule has 1 aromatic carbocycles. The van der Waals surface area contributed by atoms with Gasteiger partial charge in [0.25, 0.3) is 0 Å². The van der Waals surface area contributed by atoms with Gasteiger partial charge in [0.2, 0.25) is 6.79 Å². The molecular formula is C17H17NO4S. The van der Waals surface area contributed by atoms with E-state index in [1.165, 1.54) is 11.3 Å². The van der Waals surface area contributed by atoms with E-state index in [1.807, 2.05) is 32.0 Å². The highest BCUT2D eigenvalue weighted by Crippen LogP contribution is 2.36. The minimum Gasteiger partial charge on any atom is -0.462 e. The second-order valence-electron chi connectivity index (χ2n) is 5.05. The molecule has 0 spiro atoms. The summed E-state index contributed by atoms with van der Waals surface area (Å²) in [6.07, 6.45) is 1.72. The van der Waals surface area contributed by atoms with Crippen LogP contribution in [0.4, 0.5) is 5.00 Å². The van der Waals surface area contributed by atoms with Gasteiger partial charge in [-0.05, 0) is 50.1 Å². The molecule has 0 N–H and O–H groups in total. The molecule has 0 saturated heterocycles. The zero-order valence-corrected chi connectivity index (χ0v) is 14.0. The molecule has 2 heterocycles. The van der Waals surface area contributed by atoms with Gasteiger partial charge >= 0.3 is 5.97 Å². The van der Waals surface area contributed by atoms with Gasteiger partial charge in [-0.1, -0.05) is 0 Å². The zero-order chi connectivity index (χ0) is 16.4. The van der Waals surface area contributed by atoms with Crippen molar-refractivity contribution in [2.24, 2.45) is 4.99 Å². The smallest absolute Gasteiger partial charge is 0.341 e. The molecule has 3 rings (SSSR count). The molecule has 0 bridgehead atoms. The molecule has 1 aliphatic rings. The molecule has 2 aromatic rings. The first kappa shape index (κ1) is 15.6. The number of aryl methyl sites for hydroxylation is 1. The number of esters is 1. The molecule has 6 heteroatoms. The molecule has 1 aliphatic heterocycles. The summed E-state index contributed by atoms with van der Waals surface area (Å²) in [6, 6.07) is 5.61. The maximum Gasteiger partial charge on any atom is 0.341 e. The van der Waals surface area contributed by atoms with Crippen LogP contribution in [0.15, 0.2) is 23.2 Å². The van der Waals surface area contributed by atoms with Crippen molar-refractivity contribution < 1.29 is 19.0 Å². The second kappa shape index (κ2) is 6.42. The van der Waals surface area contributed by atoms with Gasteiger partial charge in [0.1, 0.15) is 5.00 Å². The van der Waals surface area contributed by atoms with Gasteiger partial charge in [0.05, 0.1) is 12.2 Å². The Morgan fingerprint density at radius 3 is 2.91 bits per heavy atom. The third kappa shape index (κ3) is 3.07. The quantitative estimate of drug-likeness (QED) is 0.627. The fourth-order valence-corrected chi connectivity index (χ4v) is 3.26. The van der Waals surface area contributed by atoms with Crippen LogP contribution in [-0.4, -0.2) is 25.6 Å². The summed E-state index contributed by atoms with van der Waals surface area (Å²) in [5, 5.41) is 0.663. The van der Waals surface area contributed by atoms with Gasteiger partial charge in [-0.15, -0.1) is 11.3 Å². The van der Waals surface area contributed by atoms with Crippen molar-refractivity contribution in [2.45, 2.75) is 20.8 Å². The Hall–Kier alpha value is -2.34. The van der Waals surface area contributed by atoms with Crippen molar-refractivity contribution in [3.8, 4) is 11.5 Å². The van der Waals surface area contributed by atoms with Crippen LogP contribution in [-0.2, 0) is 4.74 Å². The molecule has 23 heavy (non-hydrogen) atoms. The van der Waals surface area contributed by atoms with Crippen LogP contribution < -0.4 is 9.47 Å². The monoisotopic (exact) mass is 331 g/mol. The molecule has 0 saturated carbocycles. The van der Waals surface area contributed by atoms with Gasteiger partial charge in [0.15, 0.2) is 11.5 Å². The molecule has 0 fully saturated rings. The van der Waals surface area contributed by atoms with E-state index in [4.69, 9.17) is 14.2 Å². The lowest BCUT2D eigenvalue weighted by Gasteiger charge is -2.02. The van der Waals surface area contributed by atoms with Gasteiger partial charge in [-0.3, -0.25) is 0 Å². The van der Waals surface area contributed by atoms with E-state index in [9.17, 15) is 4.79 Å². The molecule has 0 amide bonds. The van der Waals surface area contributed by atoms with Gasteiger partial charge < -0.3 is 14.2 Å². The molecule has 0 aliphatic carbocycles. The second-order valence-corrected chi connectivity index (χ2v) is 6.26. The summed E-state index contributed by atoms with van der Waals surface area (Å²) in [4.78, 5) is 17.7. The number of ether oxygens (including phenoxy) is 3. The zero-order valence-electron chi connectivity index (χ0n) is 13.2. The third-order valence-corrected chi connectivity index (χ3v) is 4.69. The van der Waals surface area contributed by atoms with Crippen LogP contribution in [0.3, 0.4) is 0 Å². The Morgan fingerprint density at radius 1 is 1.35 bits per heavy atom. The molecule has 120 valence electrons. The SMILES string of the molecule is CCOC(=O)c1c(/N=C/c2ccc3c(c2)OCO3)sc(C)c1C. The number of hydrogen-bond donors (Lipinski definition) is 0. The lowest BCUT2D eigenvalue weighted by atomic mass is 10.1. The Labute approximate surface area is 138 Å². The van der Waals surface area contributed by atoms with Crippen LogP contribution in [0.1, 0.15) is 33.3 Å². The number of fused-ring (bicyclic) bond motifs is 1. The average Bonchev–Trinajstić information content (AvgIpc) is 3.10. The van der Waals surface area contributed by atoms with Crippen molar-refractivity contribution in [3.05, 3.63) is 39.8 Å². The molecule has 0 unspecified atom stereocenters. The predicted octanol–water partition coefficient (Wildman–Crippen LogP) is 4.02. The van der Waals surface area contributed by atoms with E-state index < -0.39 is 0 Å². The summed E-state index contributed by atoms with van der Waals surface area (Å²) >= 11 is 1.49. The summed E-state index contributed by atoms with van der Waals surface area (Å²) in [7, 11) is 0. The van der Waals surface area contributed by atoms with E-state index in [-0.39, 0.29) is 12.8 Å². The van der Waals surface area contributed by atoms with Crippen LogP contribution in [0.25, 0.3) is 0 Å². The predicted molar refractivity (Wildman–Crippen MR) is 89.6 cm³/mol. The van der Waals surface area contributed by atoms with Crippen LogP contribution in [0.2, 0.25) is 0 Å². The maximum absolute atomic E-state index is 12.1. The molecule has 5 nitrogen and oxygen atoms in total. The van der Waals surface area contributed by atoms with Crippen LogP contribution in [0.5, 0.6) is 11.5 Å². The first-order valence-electron chi connectivity index (χ1n) is 7.31. The fourth-order valence-electron chi connectivity index (χ4n) is 2.27. The number of thiophene rings is 1. The van der Waals surface area contributed by atoms with Crippen LogP contribution in [0, 0.1) is 13.8 Å². The standard InChI is InChI=1S/C17H17NO4S/c1-4-20-17(19)15-10(2)11(3)23-16(15)18-8-12-5-6-13-14(7-12)22-9-21-13/h5-8H,4,9H2,1-3H3/b18-8+. The first-order chi connectivity index (χ1) is 11.1. The highest BCUT2D eigenvalue weighted by Gasteiger charge is 2.20. The molecule has 0 atom stereocenters. The summed E-state index contributed by atoms with van der Waals surface area (Å²) in [6.45, 7) is 6.27. The van der Waals surface area contributed by atoms with Crippen molar-refractivity contribution in [3.63, 3.8) is 0 Å². The number of carbonyl (C=O) groups excluding carboxylic acids is 1. The highest BCUT2D eigenvalue weighted by molar-refractivity contribution is 7.16. The Kier molecular flexibility index (Phi) is 4.34. The van der Waals surface area contributed by atoms with Gasteiger partial charge in [-0.25, -0.2) is 9.79 Å². The number of carbonyl (C=O) groups is 1.